The molecule has 1 unspecified atom stereocenters. The van der Waals surface area contributed by atoms with Crippen molar-refractivity contribution in [2.24, 2.45) is 17.8 Å². The van der Waals surface area contributed by atoms with E-state index in [2.05, 4.69) is 25.4 Å². The normalized spacial score (nSPS) is 31.1. The molecule has 2 aromatic heterocycles. The molecule has 1 saturated carbocycles. The number of hydrogen-bond acceptors (Lipinski definition) is 4. The Balaban J connectivity index is 1.30. The topological polar surface area (TPSA) is 72.6 Å². The van der Waals surface area contributed by atoms with Crippen molar-refractivity contribution in [2.75, 3.05) is 26.2 Å². The van der Waals surface area contributed by atoms with Crippen LogP contribution in [0.3, 0.4) is 0 Å². The van der Waals surface area contributed by atoms with Gasteiger partial charge < -0.3 is 10.3 Å². The lowest BCUT2D eigenvalue weighted by Gasteiger charge is -2.26. The van der Waals surface area contributed by atoms with Gasteiger partial charge in [-0.25, -0.2) is 4.98 Å². The average molecular weight is 284 g/mol. The Morgan fingerprint density at radius 3 is 3.00 bits per heavy atom. The summed E-state index contributed by atoms with van der Waals surface area (Å²) in [6, 6.07) is 0. The molecule has 2 fully saturated rings. The summed E-state index contributed by atoms with van der Waals surface area (Å²) < 4.78 is 0. The van der Waals surface area contributed by atoms with E-state index in [-0.39, 0.29) is 0 Å². The molecular formula is C15H20N6. The summed E-state index contributed by atoms with van der Waals surface area (Å²) in [4.78, 5) is 10.8. The van der Waals surface area contributed by atoms with Gasteiger partial charge in [0, 0.05) is 32.3 Å². The molecule has 2 aromatic rings. The average Bonchev–Trinajstić information content (AvgIpc) is 3.05. The molecule has 2 aliphatic heterocycles. The van der Waals surface area contributed by atoms with Gasteiger partial charge in [-0.1, -0.05) is 0 Å². The zero-order chi connectivity index (χ0) is 13.8. The fourth-order valence-electron chi connectivity index (χ4n) is 4.14. The van der Waals surface area contributed by atoms with Crippen molar-refractivity contribution in [3.63, 3.8) is 0 Å². The van der Waals surface area contributed by atoms with Crippen LogP contribution in [0.25, 0.3) is 11.4 Å². The smallest absolute Gasteiger partial charge is 0.141 e. The van der Waals surface area contributed by atoms with E-state index in [0.717, 1.165) is 48.7 Å². The zero-order valence-electron chi connectivity index (χ0n) is 12.0. The maximum atomic E-state index is 4.73. The van der Waals surface area contributed by atoms with Crippen LogP contribution in [0.15, 0.2) is 12.4 Å². The van der Waals surface area contributed by atoms with E-state index in [4.69, 9.17) is 4.98 Å². The lowest BCUT2D eigenvalue weighted by atomic mass is 10.1. The molecular weight excluding hydrogens is 264 g/mol. The number of piperidine rings is 1. The predicted molar refractivity (Wildman–Crippen MR) is 78.5 cm³/mol. The Morgan fingerprint density at radius 1 is 1.29 bits per heavy atom. The molecule has 3 aliphatic rings. The molecule has 110 valence electrons. The molecule has 1 aliphatic carbocycles. The molecule has 0 bridgehead atoms. The summed E-state index contributed by atoms with van der Waals surface area (Å²) in [6.45, 7) is 5.90. The van der Waals surface area contributed by atoms with Crippen molar-refractivity contribution in [3.05, 3.63) is 23.8 Å². The van der Waals surface area contributed by atoms with E-state index < -0.39 is 0 Å². The monoisotopic (exact) mass is 284 g/mol. The third-order valence-electron chi connectivity index (χ3n) is 5.42. The van der Waals surface area contributed by atoms with Crippen molar-refractivity contribution in [3.8, 4) is 11.4 Å². The molecule has 4 heterocycles. The van der Waals surface area contributed by atoms with E-state index in [1.165, 1.54) is 31.0 Å². The first-order valence-electron chi connectivity index (χ1n) is 7.88. The van der Waals surface area contributed by atoms with Crippen molar-refractivity contribution < 1.29 is 0 Å². The van der Waals surface area contributed by atoms with Crippen LogP contribution >= 0.6 is 0 Å². The van der Waals surface area contributed by atoms with Crippen LogP contribution in [0.4, 0.5) is 0 Å². The molecule has 21 heavy (non-hydrogen) atoms. The van der Waals surface area contributed by atoms with Crippen LogP contribution in [-0.2, 0) is 13.0 Å². The van der Waals surface area contributed by atoms with Crippen molar-refractivity contribution >= 4 is 0 Å². The van der Waals surface area contributed by atoms with Crippen LogP contribution in [0.5, 0.6) is 0 Å². The number of aromatic amines is 2. The molecule has 0 spiro atoms. The summed E-state index contributed by atoms with van der Waals surface area (Å²) in [5.41, 5.74) is 3.57. The van der Waals surface area contributed by atoms with Crippen LogP contribution in [-0.4, -0.2) is 51.2 Å². The second-order valence-electron chi connectivity index (χ2n) is 6.63. The van der Waals surface area contributed by atoms with Gasteiger partial charge in [0.15, 0.2) is 0 Å². The SMILES string of the molecule is c1n[nH]cc1-c1nc2c([nH]1)CN(CC1[C@H]3CNC[C@@H]13)CC2. The quantitative estimate of drug-likeness (QED) is 0.773. The maximum Gasteiger partial charge on any atom is 0.141 e. The third-order valence-corrected chi connectivity index (χ3v) is 5.42. The van der Waals surface area contributed by atoms with Crippen LogP contribution in [0, 0.1) is 17.8 Å². The number of nitrogens with zero attached hydrogens (tertiary/aromatic N) is 3. The lowest BCUT2D eigenvalue weighted by Crippen LogP contribution is -2.34. The molecule has 0 aromatic carbocycles. The highest BCUT2D eigenvalue weighted by molar-refractivity contribution is 5.53. The second-order valence-corrected chi connectivity index (χ2v) is 6.63. The lowest BCUT2D eigenvalue weighted by molar-refractivity contribution is 0.229. The van der Waals surface area contributed by atoms with E-state index >= 15 is 0 Å². The first-order chi connectivity index (χ1) is 10.4. The van der Waals surface area contributed by atoms with E-state index in [1.54, 1.807) is 0 Å². The van der Waals surface area contributed by atoms with Crippen LogP contribution in [0.2, 0.25) is 0 Å². The number of rotatable bonds is 3. The molecule has 0 radical (unpaired) electrons. The zero-order valence-corrected chi connectivity index (χ0v) is 12.0. The van der Waals surface area contributed by atoms with Crippen LogP contribution < -0.4 is 5.32 Å². The fourth-order valence-corrected chi connectivity index (χ4v) is 4.14. The second kappa shape index (κ2) is 4.42. The van der Waals surface area contributed by atoms with E-state index in [1.807, 2.05) is 12.4 Å². The number of fused-ring (bicyclic) bond motifs is 2. The van der Waals surface area contributed by atoms with Crippen molar-refractivity contribution in [1.29, 1.82) is 0 Å². The van der Waals surface area contributed by atoms with E-state index in [0.29, 0.717) is 0 Å². The molecule has 0 amide bonds. The van der Waals surface area contributed by atoms with Gasteiger partial charge in [0.1, 0.15) is 5.82 Å². The highest BCUT2D eigenvalue weighted by atomic mass is 15.2. The van der Waals surface area contributed by atoms with Gasteiger partial charge in [0.2, 0.25) is 0 Å². The summed E-state index contributed by atoms with van der Waals surface area (Å²) in [6.07, 6.45) is 4.77. The fraction of sp³-hybridized carbons (Fsp3) is 0.600. The van der Waals surface area contributed by atoms with Gasteiger partial charge in [-0.15, -0.1) is 0 Å². The largest absolute Gasteiger partial charge is 0.340 e. The summed E-state index contributed by atoms with van der Waals surface area (Å²) >= 11 is 0. The van der Waals surface area contributed by atoms with Crippen molar-refractivity contribution in [1.82, 2.24) is 30.4 Å². The molecule has 3 N–H and O–H groups in total. The highest BCUT2D eigenvalue weighted by Crippen LogP contribution is 2.49. The minimum Gasteiger partial charge on any atom is -0.340 e. The highest BCUT2D eigenvalue weighted by Gasteiger charge is 2.52. The summed E-state index contributed by atoms with van der Waals surface area (Å²) in [5, 5.41) is 10.3. The van der Waals surface area contributed by atoms with Gasteiger partial charge >= 0.3 is 0 Å². The van der Waals surface area contributed by atoms with Gasteiger partial charge in [0.25, 0.3) is 0 Å². The van der Waals surface area contributed by atoms with E-state index in [9.17, 15) is 0 Å². The molecule has 6 nitrogen and oxygen atoms in total. The Bertz CT molecular complexity index is 635. The number of aromatic nitrogens is 4. The van der Waals surface area contributed by atoms with Gasteiger partial charge in [0.05, 0.1) is 23.1 Å². The Kier molecular flexibility index (Phi) is 2.51. The number of hydrogen-bond donors (Lipinski definition) is 3. The molecule has 1 saturated heterocycles. The molecule has 3 atom stereocenters. The maximum absolute atomic E-state index is 4.73. The third kappa shape index (κ3) is 1.93. The Labute approximate surface area is 123 Å². The summed E-state index contributed by atoms with van der Waals surface area (Å²) in [5.74, 6) is 3.79. The Morgan fingerprint density at radius 2 is 2.19 bits per heavy atom. The predicted octanol–water partition coefficient (Wildman–Crippen LogP) is 0.623. The van der Waals surface area contributed by atoms with Gasteiger partial charge in [-0.05, 0) is 30.8 Å². The number of imidazole rings is 1. The summed E-state index contributed by atoms with van der Waals surface area (Å²) in [7, 11) is 0. The first-order valence-corrected chi connectivity index (χ1v) is 7.88. The van der Waals surface area contributed by atoms with Crippen LogP contribution in [0.1, 0.15) is 11.4 Å². The number of nitrogens with one attached hydrogen (secondary N) is 3. The standard InChI is InChI=1S/C15H20N6/c1-2-21(7-12-10-5-16-6-11(10)12)8-14-13(1)19-15(20-14)9-3-17-18-4-9/h3-4,10-12,16H,1-2,5-8H2,(H,17,18)(H,19,20)/t10-,11+,12?. The minimum atomic E-state index is 0.934. The van der Waals surface area contributed by atoms with Gasteiger partial charge in [-0.2, -0.15) is 5.10 Å². The van der Waals surface area contributed by atoms with Crippen molar-refractivity contribution in [2.45, 2.75) is 13.0 Å². The first kappa shape index (κ1) is 11.9. The molecule has 6 heteroatoms. The number of H-pyrrole nitrogens is 2. The molecule has 5 rings (SSSR count). The minimum absolute atomic E-state index is 0.934. The van der Waals surface area contributed by atoms with Gasteiger partial charge in [-0.3, -0.25) is 10.00 Å². The Hall–Kier alpha value is -1.66.